The van der Waals surface area contributed by atoms with Crippen molar-refractivity contribution < 1.29 is 14.7 Å². The van der Waals surface area contributed by atoms with Crippen molar-refractivity contribution >= 4 is 23.8 Å². The first kappa shape index (κ1) is 18.1. The Hall–Kier alpha value is -0.950. The normalized spacial score (nSPS) is 18.5. The molecule has 0 spiro atoms. The second-order valence-electron chi connectivity index (χ2n) is 5.83. The molecule has 3 N–H and O–H groups in total. The zero-order valence-corrected chi connectivity index (χ0v) is 14.0. The lowest BCUT2D eigenvalue weighted by atomic mass is 9.96. The van der Waals surface area contributed by atoms with E-state index in [0.717, 1.165) is 12.8 Å². The van der Waals surface area contributed by atoms with Crippen molar-refractivity contribution in [3.05, 3.63) is 0 Å². The topological polar surface area (TPSA) is 81.7 Å². The average Bonchev–Trinajstić information content (AvgIpc) is 2.91. The Bertz CT molecular complexity index is 357. The summed E-state index contributed by atoms with van der Waals surface area (Å²) in [6.45, 7) is 0.556. The summed E-state index contributed by atoms with van der Waals surface area (Å²) in [6.07, 6.45) is 6.83. The maximum atomic E-state index is 11.9. The van der Waals surface area contributed by atoms with Gasteiger partial charge in [0.15, 0.2) is 0 Å². The number of carbonyl (C=O) groups is 2. The van der Waals surface area contributed by atoms with Gasteiger partial charge in [0.05, 0.1) is 0 Å². The second kappa shape index (κ2) is 8.48. The summed E-state index contributed by atoms with van der Waals surface area (Å²) in [7, 11) is 4.06. The molecule has 0 aromatic carbocycles. The first-order valence-corrected chi connectivity index (χ1v) is 8.74. The van der Waals surface area contributed by atoms with Gasteiger partial charge < -0.3 is 20.6 Å². The fourth-order valence-electron chi connectivity index (χ4n) is 2.76. The maximum Gasteiger partial charge on any atom is 0.326 e. The number of amides is 2. The van der Waals surface area contributed by atoms with E-state index in [1.807, 2.05) is 20.4 Å². The number of likely N-dealkylation sites (N-methyl/N-ethyl adjacent to an activating group) is 1. The quantitative estimate of drug-likeness (QED) is 0.630. The van der Waals surface area contributed by atoms with Crippen LogP contribution in [0.4, 0.5) is 4.79 Å². The summed E-state index contributed by atoms with van der Waals surface area (Å²) >= 11 is 1.57. The molecule has 0 heterocycles. The largest absolute Gasteiger partial charge is 0.480 e. The van der Waals surface area contributed by atoms with Gasteiger partial charge in [-0.25, -0.2) is 9.59 Å². The fraction of sp³-hybridized carbons (Fsp3) is 0.857. The highest BCUT2D eigenvalue weighted by molar-refractivity contribution is 7.98. The molecule has 0 aromatic heterocycles. The molecule has 21 heavy (non-hydrogen) atoms. The van der Waals surface area contributed by atoms with Gasteiger partial charge in [0.25, 0.3) is 0 Å². The highest BCUT2D eigenvalue weighted by Gasteiger charge is 2.36. The minimum Gasteiger partial charge on any atom is -0.480 e. The molecule has 0 bridgehead atoms. The van der Waals surface area contributed by atoms with Gasteiger partial charge >= 0.3 is 12.0 Å². The molecule has 0 aliphatic heterocycles. The molecule has 1 fully saturated rings. The van der Waals surface area contributed by atoms with E-state index in [1.54, 1.807) is 11.8 Å². The Labute approximate surface area is 131 Å². The van der Waals surface area contributed by atoms with Crippen LogP contribution in [0.2, 0.25) is 0 Å². The zero-order chi connectivity index (χ0) is 15.9. The van der Waals surface area contributed by atoms with Crippen LogP contribution in [0, 0.1) is 0 Å². The molecule has 0 aromatic rings. The maximum absolute atomic E-state index is 11.9. The van der Waals surface area contributed by atoms with Crippen LogP contribution in [0.3, 0.4) is 0 Å². The van der Waals surface area contributed by atoms with Gasteiger partial charge in [-0.15, -0.1) is 0 Å². The molecule has 122 valence electrons. The number of aliphatic carboxylic acids is 1. The van der Waals surface area contributed by atoms with Gasteiger partial charge in [0.2, 0.25) is 0 Å². The van der Waals surface area contributed by atoms with Crippen molar-refractivity contribution in [3.63, 3.8) is 0 Å². The number of nitrogens with one attached hydrogen (secondary N) is 2. The van der Waals surface area contributed by atoms with Crippen molar-refractivity contribution in [3.8, 4) is 0 Å². The molecule has 6 nitrogen and oxygen atoms in total. The van der Waals surface area contributed by atoms with Crippen LogP contribution in [-0.2, 0) is 4.79 Å². The molecule has 1 aliphatic carbocycles. The van der Waals surface area contributed by atoms with Crippen molar-refractivity contribution in [1.29, 1.82) is 0 Å². The lowest BCUT2D eigenvalue weighted by Crippen LogP contribution is -2.54. The third-order valence-electron chi connectivity index (χ3n) is 4.28. The Morgan fingerprint density at radius 3 is 2.43 bits per heavy atom. The van der Waals surface area contributed by atoms with Crippen LogP contribution in [0.1, 0.15) is 32.1 Å². The predicted molar refractivity (Wildman–Crippen MR) is 85.8 cm³/mol. The summed E-state index contributed by atoms with van der Waals surface area (Å²) in [5.74, 6) is -0.277. The number of carboxylic acid groups (broad SMARTS) is 1. The van der Waals surface area contributed by atoms with Crippen molar-refractivity contribution in [2.75, 3.05) is 32.6 Å². The minimum absolute atomic E-state index is 0.00926. The Kier molecular flexibility index (Phi) is 7.31. The van der Waals surface area contributed by atoms with Crippen LogP contribution >= 0.6 is 11.8 Å². The number of carboxylic acids is 1. The lowest BCUT2D eigenvalue weighted by molar-refractivity contribution is -0.139. The third kappa shape index (κ3) is 5.39. The summed E-state index contributed by atoms with van der Waals surface area (Å²) in [4.78, 5) is 25.2. The standard InChI is InChI=1S/C14H27N3O3S/c1-17(2)14(7-4-5-8-14)10-15-13(20)16-11(12(18)19)6-9-21-3/h11H,4-10H2,1-3H3,(H,18,19)(H2,15,16,20). The number of rotatable bonds is 8. The Balaban J connectivity index is 2.46. The summed E-state index contributed by atoms with van der Waals surface area (Å²) in [5, 5.41) is 14.5. The number of thioether (sulfide) groups is 1. The van der Waals surface area contributed by atoms with Crippen LogP contribution in [0.25, 0.3) is 0 Å². The number of carbonyl (C=O) groups excluding carboxylic acids is 1. The molecule has 1 saturated carbocycles. The summed E-state index contributed by atoms with van der Waals surface area (Å²) < 4.78 is 0. The fourth-order valence-corrected chi connectivity index (χ4v) is 3.23. The van der Waals surface area contributed by atoms with E-state index in [4.69, 9.17) is 5.11 Å². The highest BCUT2D eigenvalue weighted by Crippen LogP contribution is 2.32. The highest BCUT2D eigenvalue weighted by atomic mass is 32.2. The minimum atomic E-state index is -0.984. The third-order valence-corrected chi connectivity index (χ3v) is 4.92. The Morgan fingerprint density at radius 2 is 1.95 bits per heavy atom. The number of nitrogens with zero attached hydrogens (tertiary/aromatic N) is 1. The van der Waals surface area contributed by atoms with Crippen LogP contribution in [-0.4, -0.2) is 66.2 Å². The molecule has 1 aliphatic rings. The smallest absolute Gasteiger partial charge is 0.326 e. The van der Waals surface area contributed by atoms with E-state index in [9.17, 15) is 9.59 Å². The lowest BCUT2D eigenvalue weighted by Gasteiger charge is -2.36. The second-order valence-corrected chi connectivity index (χ2v) is 6.81. The molecule has 2 amide bonds. The van der Waals surface area contributed by atoms with Crippen LogP contribution < -0.4 is 10.6 Å². The van der Waals surface area contributed by atoms with Crippen molar-refractivity contribution in [1.82, 2.24) is 15.5 Å². The number of urea groups is 1. The average molecular weight is 317 g/mol. The molecule has 1 atom stereocenters. The van der Waals surface area contributed by atoms with Crippen molar-refractivity contribution in [2.24, 2.45) is 0 Å². The first-order chi connectivity index (χ1) is 9.91. The molecule has 1 unspecified atom stereocenters. The first-order valence-electron chi connectivity index (χ1n) is 7.35. The van der Waals surface area contributed by atoms with Gasteiger partial charge in [0, 0.05) is 12.1 Å². The number of hydrogen-bond donors (Lipinski definition) is 3. The monoisotopic (exact) mass is 317 g/mol. The molecule has 0 radical (unpaired) electrons. The number of hydrogen-bond acceptors (Lipinski definition) is 4. The molecule has 1 rings (SSSR count). The molecular formula is C14H27N3O3S. The molecule has 7 heteroatoms. The van der Waals surface area contributed by atoms with Crippen LogP contribution in [0.5, 0.6) is 0 Å². The van der Waals surface area contributed by atoms with Crippen LogP contribution in [0.15, 0.2) is 0 Å². The van der Waals surface area contributed by atoms with Gasteiger partial charge in [-0.2, -0.15) is 11.8 Å². The van der Waals surface area contributed by atoms with Gasteiger partial charge in [-0.05, 0) is 45.4 Å². The SMILES string of the molecule is CSCCC(NC(=O)NCC1(N(C)C)CCCC1)C(=O)O. The van der Waals surface area contributed by atoms with E-state index < -0.39 is 18.0 Å². The van der Waals surface area contributed by atoms with Gasteiger partial charge in [-0.1, -0.05) is 12.8 Å². The van der Waals surface area contributed by atoms with E-state index in [-0.39, 0.29) is 5.54 Å². The van der Waals surface area contributed by atoms with E-state index >= 15 is 0 Å². The molecule has 0 saturated heterocycles. The van der Waals surface area contributed by atoms with E-state index in [0.29, 0.717) is 18.7 Å². The summed E-state index contributed by atoms with van der Waals surface area (Å²) in [5.41, 5.74) is 0.00926. The van der Waals surface area contributed by atoms with Crippen molar-refractivity contribution in [2.45, 2.75) is 43.7 Å². The van der Waals surface area contributed by atoms with Gasteiger partial charge in [-0.3, -0.25) is 0 Å². The van der Waals surface area contributed by atoms with Gasteiger partial charge in [0.1, 0.15) is 6.04 Å². The van der Waals surface area contributed by atoms with E-state index in [2.05, 4.69) is 15.5 Å². The zero-order valence-electron chi connectivity index (χ0n) is 13.1. The Morgan fingerprint density at radius 1 is 1.33 bits per heavy atom. The summed E-state index contributed by atoms with van der Waals surface area (Å²) in [6, 6.07) is -1.21. The van der Waals surface area contributed by atoms with E-state index in [1.165, 1.54) is 12.8 Å². The predicted octanol–water partition coefficient (Wildman–Crippen LogP) is 1.37. The molecular weight excluding hydrogens is 290 g/mol.